The van der Waals surface area contributed by atoms with Gasteiger partial charge in [-0.1, -0.05) is 11.6 Å². The molecule has 2 aliphatic heterocycles. The van der Waals surface area contributed by atoms with Crippen LogP contribution in [0.25, 0.3) is 0 Å². The maximum Gasteiger partial charge on any atom is 0.236 e. The van der Waals surface area contributed by atoms with Gasteiger partial charge in [-0.3, -0.25) is 9.59 Å². The highest BCUT2D eigenvalue weighted by Gasteiger charge is 2.39. The van der Waals surface area contributed by atoms with Gasteiger partial charge < -0.3 is 15.5 Å². The topological polar surface area (TPSA) is 66.6 Å². The van der Waals surface area contributed by atoms with Gasteiger partial charge in [-0.05, 0) is 50.9 Å². The molecule has 5 heteroatoms. The molecule has 2 fully saturated rings. The van der Waals surface area contributed by atoms with Crippen LogP contribution in [-0.4, -0.2) is 53.8 Å². The van der Waals surface area contributed by atoms with E-state index in [-0.39, 0.29) is 12.5 Å². The number of allylic oxidation sites excluding steroid dienone is 1. The second-order valence-corrected chi connectivity index (χ2v) is 7.14. The Morgan fingerprint density at radius 2 is 2.13 bits per heavy atom. The molecule has 2 saturated heterocycles. The number of carbonyl (C=O) groups excluding carboxylic acids is 2. The fourth-order valence-electron chi connectivity index (χ4n) is 4.39. The predicted octanol–water partition coefficient (Wildman–Crippen LogP) is 1.68. The Labute approximate surface area is 138 Å². The number of amides is 2. The van der Waals surface area contributed by atoms with E-state index in [0.717, 1.165) is 38.9 Å². The Morgan fingerprint density at radius 3 is 2.87 bits per heavy atom. The van der Waals surface area contributed by atoms with Crippen molar-refractivity contribution in [2.45, 2.75) is 57.4 Å². The molecule has 0 spiro atoms. The van der Waals surface area contributed by atoms with E-state index in [2.05, 4.69) is 11.0 Å². The number of hydrogen-bond donors (Lipinski definition) is 1. The lowest BCUT2D eigenvalue weighted by molar-refractivity contribution is -0.143. The quantitative estimate of drug-likeness (QED) is 0.802. The third-order valence-electron chi connectivity index (χ3n) is 5.73. The summed E-state index contributed by atoms with van der Waals surface area (Å²) in [7, 11) is 0. The molecule has 0 unspecified atom stereocenters. The van der Waals surface area contributed by atoms with Crippen molar-refractivity contribution in [3.8, 4) is 0 Å². The highest BCUT2D eigenvalue weighted by molar-refractivity contribution is 5.79. The number of hydrogen-bond acceptors (Lipinski definition) is 3. The number of rotatable bonds is 4. The van der Waals surface area contributed by atoms with Crippen molar-refractivity contribution in [3.05, 3.63) is 11.6 Å². The van der Waals surface area contributed by atoms with Crippen molar-refractivity contribution in [1.82, 2.24) is 9.80 Å². The van der Waals surface area contributed by atoms with Gasteiger partial charge in [-0.15, -0.1) is 0 Å². The third kappa shape index (κ3) is 3.77. The van der Waals surface area contributed by atoms with Crippen LogP contribution in [0.5, 0.6) is 0 Å². The maximum atomic E-state index is 12.4. The van der Waals surface area contributed by atoms with E-state index >= 15 is 0 Å². The van der Waals surface area contributed by atoms with E-state index in [1.54, 1.807) is 0 Å². The summed E-state index contributed by atoms with van der Waals surface area (Å²) < 4.78 is 0. The molecule has 2 N–H and O–H groups in total. The molecule has 3 rings (SSSR count). The first-order chi connectivity index (χ1) is 11.2. The van der Waals surface area contributed by atoms with Crippen molar-refractivity contribution < 1.29 is 9.59 Å². The van der Waals surface area contributed by atoms with Crippen LogP contribution in [0.4, 0.5) is 0 Å². The van der Waals surface area contributed by atoms with E-state index in [9.17, 15) is 9.59 Å². The molecule has 0 saturated carbocycles. The first-order valence-electron chi connectivity index (χ1n) is 9.14. The molecule has 2 atom stereocenters. The number of carbonyl (C=O) groups is 2. The highest BCUT2D eigenvalue weighted by atomic mass is 16.2. The minimum absolute atomic E-state index is 0.0410. The fraction of sp³-hybridized carbons (Fsp3) is 0.778. The minimum atomic E-state index is 0.0410. The molecule has 3 aliphatic rings. The van der Waals surface area contributed by atoms with Crippen LogP contribution in [0.1, 0.15) is 51.4 Å². The van der Waals surface area contributed by atoms with Crippen LogP contribution in [0.15, 0.2) is 11.6 Å². The summed E-state index contributed by atoms with van der Waals surface area (Å²) >= 11 is 0. The van der Waals surface area contributed by atoms with Gasteiger partial charge in [-0.25, -0.2) is 0 Å². The summed E-state index contributed by atoms with van der Waals surface area (Å²) in [5, 5.41) is 0. The van der Waals surface area contributed by atoms with Crippen LogP contribution in [0.2, 0.25) is 0 Å². The normalized spacial score (nSPS) is 28.4. The molecular weight excluding hydrogens is 290 g/mol. The Kier molecular flexibility index (Phi) is 5.36. The SMILES string of the molecule is NCC(=O)N1CC[C@@H]2[C@@H](CCC(=O)N2CCC2=CCCCC2)C1. The fourth-order valence-corrected chi connectivity index (χ4v) is 4.39. The lowest BCUT2D eigenvalue weighted by Crippen LogP contribution is -2.57. The second-order valence-electron chi connectivity index (χ2n) is 7.14. The van der Waals surface area contributed by atoms with Gasteiger partial charge in [0.15, 0.2) is 0 Å². The molecule has 2 heterocycles. The number of nitrogens with two attached hydrogens (primary N) is 1. The van der Waals surface area contributed by atoms with E-state index in [1.807, 2.05) is 4.90 Å². The van der Waals surface area contributed by atoms with Crippen molar-refractivity contribution in [2.75, 3.05) is 26.2 Å². The summed E-state index contributed by atoms with van der Waals surface area (Å²) in [6.45, 7) is 2.46. The molecule has 0 aromatic carbocycles. The van der Waals surface area contributed by atoms with E-state index in [4.69, 9.17) is 5.73 Å². The average molecular weight is 319 g/mol. The Bertz CT molecular complexity index is 489. The van der Waals surface area contributed by atoms with Crippen LogP contribution >= 0.6 is 0 Å². The predicted molar refractivity (Wildman–Crippen MR) is 89.6 cm³/mol. The molecule has 1 aliphatic carbocycles. The smallest absolute Gasteiger partial charge is 0.236 e. The summed E-state index contributed by atoms with van der Waals surface area (Å²) in [6.07, 6.45) is 10.9. The number of likely N-dealkylation sites (tertiary alicyclic amines) is 2. The van der Waals surface area contributed by atoms with E-state index < -0.39 is 0 Å². The lowest BCUT2D eigenvalue weighted by atomic mass is 9.83. The summed E-state index contributed by atoms with van der Waals surface area (Å²) in [6, 6.07) is 0.322. The Morgan fingerprint density at radius 1 is 1.26 bits per heavy atom. The molecule has 0 bridgehead atoms. The first kappa shape index (κ1) is 16.5. The number of piperidine rings is 2. The van der Waals surface area contributed by atoms with Gasteiger partial charge in [0.25, 0.3) is 0 Å². The largest absolute Gasteiger partial charge is 0.341 e. The monoisotopic (exact) mass is 319 g/mol. The first-order valence-corrected chi connectivity index (χ1v) is 9.14. The maximum absolute atomic E-state index is 12.4. The van der Waals surface area contributed by atoms with Gasteiger partial charge in [0, 0.05) is 32.1 Å². The van der Waals surface area contributed by atoms with Crippen molar-refractivity contribution in [3.63, 3.8) is 0 Å². The molecular formula is C18H29N3O2. The highest BCUT2D eigenvalue weighted by Crippen LogP contribution is 2.32. The van der Waals surface area contributed by atoms with Gasteiger partial charge in [0.05, 0.1) is 6.54 Å². The molecule has 2 amide bonds. The van der Waals surface area contributed by atoms with Gasteiger partial charge >= 0.3 is 0 Å². The number of nitrogens with zero attached hydrogens (tertiary/aromatic N) is 2. The van der Waals surface area contributed by atoms with Crippen LogP contribution in [0, 0.1) is 5.92 Å². The molecule has 0 radical (unpaired) electrons. The summed E-state index contributed by atoms with van der Waals surface area (Å²) in [5.41, 5.74) is 7.02. The summed E-state index contributed by atoms with van der Waals surface area (Å²) in [4.78, 5) is 28.2. The third-order valence-corrected chi connectivity index (χ3v) is 5.73. The Hall–Kier alpha value is -1.36. The van der Waals surface area contributed by atoms with Crippen molar-refractivity contribution in [1.29, 1.82) is 0 Å². The second kappa shape index (κ2) is 7.47. The van der Waals surface area contributed by atoms with Gasteiger partial charge in [0.1, 0.15) is 0 Å². The zero-order chi connectivity index (χ0) is 16.2. The van der Waals surface area contributed by atoms with E-state index in [0.29, 0.717) is 24.3 Å². The zero-order valence-corrected chi connectivity index (χ0v) is 14.0. The molecule has 128 valence electrons. The molecule has 0 aromatic rings. The van der Waals surface area contributed by atoms with E-state index in [1.165, 1.54) is 31.3 Å². The number of fused-ring (bicyclic) bond motifs is 1. The zero-order valence-electron chi connectivity index (χ0n) is 14.0. The minimum Gasteiger partial charge on any atom is -0.341 e. The van der Waals surface area contributed by atoms with Gasteiger partial charge in [0.2, 0.25) is 11.8 Å². The van der Waals surface area contributed by atoms with Crippen LogP contribution < -0.4 is 5.73 Å². The van der Waals surface area contributed by atoms with Gasteiger partial charge in [-0.2, -0.15) is 0 Å². The molecule has 0 aromatic heterocycles. The lowest BCUT2D eigenvalue weighted by Gasteiger charge is -2.47. The average Bonchev–Trinajstić information content (AvgIpc) is 2.60. The Balaban J connectivity index is 1.60. The summed E-state index contributed by atoms with van der Waals surface area (Å²) in [5.74, 6) is 0.776. The van der Waals surface area contributed by atoms with Crippen molar-refractivity contribution >= 4 is 11.8 Å². The standard InChI is InChI=1S/C18H29N3O2/c19-12-18(23)20-10-9-16-15(13-20)6-7-17(22)21(16)11-8-14-4-2-1-3-5-14/h4,15-16H,1-3,5-13,19H2/t15-,16+/m0/s1. The molecule has 23 heavy (non-hydrogen) atoms. The van der Waals surface area contributed by atoms with Crippen LogP contribution in [0.3, 0.4) is 0 Å². The molecule has 5 nitrogen and oxygen atoms in total. The van der Waals surface area contributed by atoms with Crippen LogP contribution in [-0.2, 0) is 9.59 Å². The van der Waals surface area contributed by atoms with Crippen molar-refractivity contribution in [2.24, 2.45) is 11.7 Å².